The fourth-order valence-corrected chi connectivity index (χ4v) is 4.24. The third kappa shape index (κ3) is 4.82. The van der Waals surface area contributed by atoms with Crippen molar-refractivity contribution in [2.24, 2.45) is 5.92 Å². The van der Waals surface area contributed by atoms with Gasteiger partial charge >= 0.3 is 5.97 Å². The van der Waals surface area contributed by atoms with E-state index in [2.05, 4.69) is 43.3 Å². The molecule has 1 fully saturated rings. The van der Waals surface area contributed by atoms with Crippen LogP contribution in [-0.2, 0) is 0 Å². The van der Waals surface area contributed by atoms with Gasteiger partial charge < -0.3 is 14.7 Å². The quantitative estimate of drug-likeness (QED) is 0.774. The van der Waals surface area contributed by atoms with Gasteiger partial charge in [0.2, 0.25) is 0 Å². The predicted octanol–water partition coefficient (Wildman–Crippen LogP) is 4.92. The lowest BCUT2D eigenvalue weighted by molar-refractivity contribution is 0.0696. The van der Waals surface area contributed by atoms with Crippen molar-refractivity contribution in [3.8, 4) is 5.75 Å². The maximum atomic E-state index is 11.5. The van der Waals surface area contributed by atoms with Crippen molar-refractivity contribution in [2.45, 2.75) is 25.2 Å². The van der Waals surface area contributed by atoms with E-state index in [1.54, 1.807) is 19.2 Å². The number of carbonyl (C=O) groups is 1. The summed E-state index contributed by atoms with van der Waals surface area (Å²) in [6.07, 6.45) is 5.14. The highest BCUT2D eigenvalue weighted by Crippen LogP contribution is 2.42. The molecule has 0 aliphatic heterocycles. The average Bonchev–Trinajstić information content (AvgIpc) is 2.69. The van der Waals surface area contributed by atoms with Gasteiger partial charge in [-0.3, -0.25) is 0 Å². The van der Waals surface area contributed by atoms with Gasteiger partial charge in [-0.05, 0) is 74.5 Å². The molecule has 1 aliphatic rings. The fraction of sp³-hybridized carbons (Fsp3) is 0.375. The van der Waals surface area contributed by atoms with Crippen molar-refractivity contribution in [1.29, 1.82) is 0 Å². The predicted molar refractivity (Wildman–Crippen MR) is 113 cm³/mol. The number of carboxylic acid groups (broad SMARTS) is 1. The summed E-state index contributed by atoms with van der Waals surface area (Å²) >= 11 is 0. The summed E-state index contributed by atoms with van der Waals surface area (Å²) in [6, 6.07) is 15.6. The summed E-state index contributed by atoms with van der Waals surface area (Å²) in [6.45, 7) is 1.04. The first-order valence-electron chi connectivity index (χ1n) is 9.78. The number of methoxy groups -OCH3 is 1. The molecule has 0 spiro atoms. The van der Waals surface area contributed by atoms with Crippen LogP contribution in [0.1, 0.15) is 46.7 Å². The number of nitrogens with zero attached hydrogens (tertiary/aromatic N) is 1. The molecule has 2 aromatic rings. The molecule has 0 heterocycles. The van der Waals surface area contributed by atoms with E-state index in [-0.39, 0.29) is 0 Å². The minimum absolute atomic E-state index is 0.364. The monoisotopic (exact) mass is 379 g/mol. The van der Waals surface area contributed by atoms with E-state index in [1.165, 1.54) is 11.1 Å². The van der Waals surface area contributed by atoms with Crippen LogP contribution in [0.2, 0.25) is 0 Å². The minimum Gasteiger partial charge on any atom is -0.497 e. The molecule has 0 unspecified atom stereocenters. The van der Waals surface area contributed by atoms with Crippen LogP contribution in [0.4, 0.5) is 0 Å². The standard InChI is InChI=1S/C24H29NO3/c1-25(2)16-20-12-11-17(13-18-7-4-5-10-22(18)24(26)27)14-23(20)19-8-6-9-21(15-19)28-3/h4-10,13,15,20,23H,11-12,14,16H2,1-3H3,(H,26,27)/b17-13+/t20-,23+/m1/s1. The SMILES string of the molecule is COc1cccc([C@@H]2C/C(=C/c3ccccc3C(=O)O)CC[C@@H]2CN(C)C)c1. The Morgan fingerprint density at radius 1 is 1.21 bits per heavy atom. The number of aromatic carboxylic acids is 1. The van der Waals surface area contributed by atoms with Crippen molar-refractivity contribution >= 4 is 12.0 Å². The third-order valence-corrected chi connectivity index (χ3v) is 5.56. The fourth-order valence-electron chi connectivity index (χ4n) is 4.24. The number of hydrogen-bond acceptors (Lipinski definition) is 3. The molecule has 0 bridgehead atoms. The largest absolute Gasteiger partial charge is 0.497 e. The Morgan fingerprint density at radius 3 is 2.71 bits per heavy atom. The van der Waals surface area contributed by atoms with E-state index in [0.717, 1.165) is 37.1 Å². The lowest BCUT2D eigenvalue weighted by atomic mass is 9.73. The second kappa shape index (κ2) is 9.07. The number of ether oxygens (including phenoxy) is 1. The Labute approximate surface area is 167 Å². The van der Waals surface area contributed by atoms with Crippen molar-refractivity contribution in [3.05, 3.63) is 70.8 Å². The molecule has 1 aliphatic carbocycles. The van der Waals surface area contributed by atoms with Crippen molar-refractivity contribution in [3.63, 3.8) is 0 Å². The Morgan fingerprint density at radius 2 is 2.00 bits per heavy atom. The van der Waals surface area contributed by atoms with Crippen molar-refractivity contribution in [2.75, 3.05) is 27.7 Å². The summed E-state index contributed by atoms with van der Waals surface area (Å²) < 4.78 is 5.44. The first-order valence-corrected chi connectivity index (χ1v) is 9.78. The highest BCUT2D eigenvalue weighted by atomic mass is 16.5. The van der Waals surface area contributed by atoms with Gasteiger partial charge in [0.05, 0.1) is 12.7 Å². The molecule has 2 atom stereocenters. The summed E-state index contributed by atoms with van der Waals surface area (Å²) in [5.41, 5.74) is 3.77. The Kier molecular flexibility index (Phi) is 6.53. The molecule has 1 N–H and O–H groups in total. The first kappa shape index (κ1) is 20.2. The van der Waals surface area contributed by atoms with Gasteiger partial charge in [-0.15, -0.1) is 0 Å². The van der Waals surface area contributed by atoms with E-state index in [0.29, 0.717) is 17.4 Å². The van der Waals surface area contributed by atoms with E-state index in [4.69, 9.17) is 4.74 Å². The zero-order valence-corrected chi connectivity index (χ0v) is 16.9. The molecule has 0 saturated heterocycles. The molecule has 148 valence electrons. The molecule has 0 amide bonds. The van der Waals surface area contributed by atoms with Gasteiger partial charge in [-0.2, -0.15) is 0 Å². The van der Waals surface area contributed by atoms with Crippen LogP contribution in [0.3, 0.4) is 0 Å². The van der Waals surface area contributed by atoms with Crippen molar-refractivity contribution < 1.29 is 14.6 Å². The first-order chi connectivity index (χ1) is 13.5. The van der Waals surface area contributed by atoms with Gasteiger partial charge in [-0.25, -0.2) is 4.79 Å². The van der Waals surface area contributed by atoms with E-state index in [9.17, 15) is 9.90 Å². The summed E-state index contributed by atoms with van der Waals surface area (Å²) in [5.74, 6) is 0.968. The second-order valence-electron chi connectivity index (χ2n) is 7.84. The molecule has 4 heteroatoms. The molecule has 2 aromatic carbocycles. The number of allylic oxidation sites excluding steroid dienone is 1. The van der Waals surface area contributed by atoms with Gasteiger partial charge in [0.25, 0.3) is 0 Å². The molecule has 28 heavy (non-hydrogen) atoms. The van der Waals surface area contributed by atoms with Gasteiger partial charge in [0.1, 0.15) is 5.75 Å². The smallest absolute Gasteiger partial charge is 0.336 e. The molecule has 4 nitrogen and oxygen atoms in total. The summed E-state index contributed by atoms with van der Waals surface area (Å²) in [5, 5.41) is 9.48. The van der Waals surface area contributed by atoms with Gasteiger partial charge in [-0.1, -0.05) is 42.0 Å². The summed E-state index contributed by atoms with van der Waals surface area (Å²) in [4.78, 5) is 13.8. The molecular weight excluding hydrogens is 350 g/mol. The van der Waals surface area contributed by atoms with Crippen LogP contribution in [-0.4, -0.2) is 43.7 Å². The van der Waals surface area contributed by atoms with Crippen LogP contribution >= 0.6 is 0 Å². The number of benzene rings is 2. The maximum absolute atomic E-state index is 11.5. The molecule has 3 rings (SSSR count). The highest BCUT2D eigenvalue weighted by molar-refractivity contribution is 5.92. The Bertz CT molecular complexity index is 856. The molecule has 0 radical (unpaired) electrons. The van der Waals surface area contributed by atoms with Gasteiger partial charge in [0.15, 0.2) is 0 Å². The number of carboxylic acids is 1. The lowest BCUT2D eigenvalue weighted by Crippen LogP contribution is -2.29. The van der Waals surface area contributed by atoms with Gasteiger partial charge in [0, 0.05) is 6.54 Å². The zero-order chi connectivity index (χ0) is 20.1. The van der Waals surface area contributed by atoms with Crippen LogP contribution in [0, 0.1) is 5.92 Å². The highest BCUT2D eigenvalue weighted by Gasteiger charge is 2.29. The minimum atomic E-state index is -0.877. The van der Waals surface area contributed by atoms with Crippen molar-refractivity contribution in [1.82, 2.24) is 4.90 Å². The van der Waals surface area contributed by atoms with E-state index in [1.807, 2.05) is 18.2 Å². The lowest BCUT2D eigenvalue weighted by Gasteiger charge is -2.35. The Hall–Kier alpha value is -2.59. The molecule has 0 aromatic heterocycles. The topological polar surface area (TPSA) is 49.8 Å². The van der Waals surface area contributed by atoms with Crippen LogP contribution < -0.4 is 4.74 Å². The maximum Gasteiger partial charge on any atom is 0.336 e. The van der Waals surface area contributed by atoms with Crippen LogP contribution in [0.25, 0.3) is 6.08 Å². The zero-order valence-electron chi connectivity index (χ0n) is 16.9. The van der Waals surface area contributed by atoms with E-state index >= 15 is 0 Å². The van der Waals surface area contributed by atoms with Crippen LogP contribution in [0.5, 0.6) is 5.75 Å². The molecule has 1 saturated carbocycles. The van der Waals surface area contributed by atoms with E-state index < -0.39 is 5.97 Å². The number of hydrogen-bond donors (Lipinski definition) is 1. The number of rotatable bonds is 6. The second-order valence-corrected chi connectivity index (χ2v) is 7.84. The summed E-state index contributed by atoms with van der Waals surface area (Å²) in [7, 11) is 5.94. The average molecular weight is 380 g/mol. The third-order valence-electron chi connectivity index (χ3n) is 5.56. The Balaban J connectivity index is 1.92. The van der Waals surface area contributed by atoms with Crippen LogP contribution in [0.15, 0.2) is 54.1 Å². The normalized spacial score (nSPS) is 21.1. The molecular formula is C24H29NO3.